The summed E-state index contributed by atoms with van der Waals surface area (Å²) in [7, 11) is 0. The van der Waals surface area contributed by atoms with Gasteiger partial charge in [-0.25, -0.2) is 0 Å². The minimum atomic E-state index is 0.158. The van der Waals surface area contributed by atoms with Gasteiger partial charge >= 0.3 is 0 Å². The molecule has 5 atom stereocenters. The predicted molar refractivity (Wildman–Crippen MR) is 65.3 cm³/mol. The van der Waals surface area contributed by atoms with E-state index in [2.05, 4.69) is 6.92 Å². The molecule has 1 aliphatic heterocycles. The maximum Gasteiger partial charge on any atom is 0.223 e. The Morgan fingerprint density at radius 1 is 1.41 bits per heavy atom. The molecule has 0 spiro atoms. The molecule has 3 rings (SSSR count). The van der Waals surface area contributed by atoms with Crippen LogP contribution in [0.1, 0.15) is 39.0 Å². The van der Waals surface area contributed by atoms with Crippen LogP contribution in [0.15, 0.2) is 0 Å². The number of hydrogen-bond donors (Lipinski definition) is 1. The van der Waals surface area contributed by atoms with E-state index in [1.54, 1.807) is 0 Å². The summed E-state index contributed by atoms with van der Waals surface area (Å²) in [6.45, 7) is 3.17. The van der Waals surface area contributed by atoms with E-state index < -0.39 is 0 Å². The molecule has 3 nitrogen and oxygen atoms in total. The van der Waals surface area contributed by atoms with Crippen LogP contribution in [-0.4, -0.2) is 35.1 Å². The first-order chi connectivity index (χ1) is 8.19. The summed E-state index contributed by atoms with van der Waals surface area (Å²) in [6, 6.07) is 0.398. The minimum Gasteiger partial charge on any atom is -0.396 e. The van der Waals surface area contributed by atoms with Gasteiger partial charge in [-0.3, -0.25) is 4.79 Å². The highest BCUT2D eigenvalue weighted by molar-refractivity contribution is 5.79. The predicted octanol–water partition coefficient (Wildman–Crippen LogP) is 1.65. The van der Waals surface area contributed by atoms with Gasteiger partial charge in [0.2, 0.25) is 5.91 Å². The summed E-state index contributed by atoms with van der Waals surface area (Å²) in [5, 5.41) is 9.18. The Kier molecular flexibility index (Phi) is 2.89. The number of nitrogens with zero attached hydrogens (tertiary/aromatic N) is 1. The molecular formula is C14H23NO2. The van der Waals surface area contributed by atoms with E-state index in [-0.39, 0.29) is 18.4 Å². The molecule has 0 aromatic carbocycles. The molecule has 5 unspecified atom stereocenters. The number of carbonyl (C=O) groups excluding carboxylic acids is 1. The fraction of sp³-hybridized carbons (Fsp3) is 0.929. The van der Waals surface area contributed by atoms with Crippen molar-refractivity contribution in [2.45, 2.75) is 45.1 Å². The average molecular weight is 237 g/mol. The van der Waals surface area contributed by atoms with Crippen LogP contribution in [-0.2, 0) is 4.79 Å². The van der Waals surface area contributed by atoms with Crippen molar-refractivity contribution in [1.29, 1.82) is 0 Å². The zero-order chi connectivity index (χ0) is 12.0. The molecule has 96 valence electrons. The highest BCUT2D eigenvalue weighted by atomic mass is 16.3. The molecule has 17 heavy (non-hydrogen) atoms. The molecule has 1 N–H and O–H groups in total. The van der Waals surface area contributed by atoms with Crippen molar-refractivity contribution < 1.29 is 9.90 Å². The van der Waals surface area contributed by atoms with Crippen LogP contribution in [0.2, 0.25) is 0 Å². The van der Waals surface area contributed by atoms with Crippen molar-refractivity contribution in [2.75, 3.05) is 13.2 Å². The lowest BCUT2D eigenvalue weighted by Gasteiger charge is -2.34. The van der Waals surface area contributed by atoms with Gasteiger partial charge in [0.05, 0.1) is 0 Å². The van der Waals surface area contributed by atoms with Gasteiger partial charge in [0.25, 0.3) is 0 Å². The Morgan fingerprint density at radius 2 is 2.24 bits per heavy atom. The lowest BCUT2D eigenvalue weighted by atomic mass is 9.83. The maximum atomic E-state index is 12.0. The third-order valence-corrected chi connectivity index (χ3v) is 5.40. The maximum absolute atomic E-state index is 12.0. The summed E-state index contributed by atoms with van der Waals surface area (Å²) in [5.41, 5.74) is 0. The summed E-state index contributed by atoms with van der Waals surface area (Å²) in [6.07, 6.45) is 6.09. The van der Waals surface area contributed by atoms with Crippen molar-refractivity contribution in [3.8, 4) is 0 Å². The highest BCUT2D eigenvalue weighted by Gasteiger charge is 2.45. The van der Waals surface area contributed by atoms with Crippen LogP contribution in [0, 0.1) is 23.7 Å². The summed E-state index contributed by atoms with van der Waals surface area (Å²) in [5.74, 6) is 2.99. The first-order valence-corrected chi connectivity index (χ1v) is 7.09. The number of aliphatic hydroxyl groups is 1. The van der Waals surface area contributed by atoms with Gasteiger partial charge in [-0.15, -0.1) is 0 Å². The second kappa shape index (κ2) is 4.27. The number of hydrogen-bond acceptors (Lipinski definition) is 2. The molecule has 2 saturated carbocycles. The number of rotatable bonds is 3. The largest absolute Gasteiger partial charge is 0.396 e. The summed E-state index contributed by atoms with van der Waals surface area (Å²) in [4.78, 5) is 14.0. The number of likely N-dealkylation sites (tertiary alicyclic amines) is 1. The van der Waals surface area contributed by atoms with Crippen molar-refractivity contribution in [1.82, 2.24) is 4.90 Å². The highest BCUT2D eigenvalue weighted by Crippen LogP contribution is 2.50. The number of aliphatic hydroxyl groups excluding tert-OH is 1. The molecule has 1 amide bonds. The van der Waals surface area contributed by atoms with Gasteiger partial charge in [0, 0.05) is 31.5 Å². The molecule has 2 bridgehead atoms. The smallest absolute Gasteiger partial charge is 0.223 e. The quantitative estimate of drug-likeness (QED) is 0.811. The molecule has 0 aromatic heterocycles. The van der Waals surface area contributed by atoms with E-state index in [0.29, 0.717) is 12.5 Å². The first-order valence-electron chi connectivity index (χ1n) is 7.09. The van der Waals surface area contributed by atoms with Gasteiger partial charge in [0.15, 0.2) is 0 Å². The second-order valence-corrected chi connectivity index (χ2v) is 6.38. The molecule has 3 aliphatic rings. The Bertz CT molecular complexity index is 317. The fourth-order valence-electron chi connectivity index (χ4n) is 4.44. The van der Waals surface area contributed by atoms with Crippen LogP contribution in [0.4, 0.5) is 0 Å². The molecule has 0 radical (unpaired) electrons. The van der Waals surface area contributed by atoms with Gasteiger partial charge in [0.1, 0.15) is 0 Å². The van der Waals surface area contributed by atoms with E-state index in [4.69, 9.17) is 0 Å². The van der Waals surface area contributed by atoms with Crippen molar-refractivity contribution in [3.05, 3.63) is 0 Å². The zero-order valence-electron chi connectivity index (χ0n) is 10.6. The number of fused-ring (bicyclic) bond motifs is 2. The molecule has 1 saturated heterocycles. The molecule has 1 heterocycles. The van der Waals surface area contributed by atoms with Gasteiger partial charge in [-0.1, -0.05) is 6.42 Å². The Hall–Kier alpha value is -0.570. The Morgan fingerprint density at radius 3 is 2.76 bits per heavy atom. The topological polar surface area (TPSA) is 40.5 Å². The van der Waals surface area contributed by atoms with E-state index >= 15 is 0 Å². The van der Waals surface area contributed by atoms with Gasteiger partial charge in [-0.2, -0.15) is 0 Å². The minimum absolute atomic E-state index is 0.158. The Labute approximate surface area is 103 Å². The average Bonchev–Trinajstić information content (AvgIpc) is 3.01. The molecular weight excluding hydrogens is 214 g/mol. The van der Waals surface area contributed by atoms with Gasteiger partial charge < -0.3 is 10.0 Å². The van der Waals surface area contributed by atoms with Crippen LogP contribution in [0.5, 0.6) is 0 Å². The zero-order valence-corrected chi connectivity index (χ0v) is 10.6. The van der Waals surface area contributed by atoms with Crippen LogP contribution < -0.4 is 0 Å². The van der Waals surface area contributed by atoms with E-state index in [1.165, 1.54) is 25.7 Å². The molecule has 3 heteroatoms. The summed E-state index contributed by atoms with van der Waals surface area (Å²) < 4.78 is 0. The van der Waals surface area contributed by atoms with Crippen LogP contribution in [0.25, 0.3) is 0 Å². The Balaban J connectivity index is 1.66. The third-order valence-electron chi connectivity index (χ3n) is 5.40. The standard InChI is InChI=1S/C14H23NO2/c1-9(13-5-10-2-3-12(13)4-10)15-7-11(8-16)6-14(15)17/h9-13,16H,2-8H2,1H3. The normalized spacial score (nSPS) is 42.5. The van der Waals surface area contributed by atoms with E-state index in [0.717, 1.165) is 24.3 Å². The lowest BCUT2D eigenvalue weighted by molar-refractivity contribution is -0.130. The number of amides is 1. The summed E-state index contributed by atoms with van der Waals surface area (Å²) >= 11 is 0. The van der Waals surface area contributed by atoms with E-state index in [1.807, 2.05) is 4.90 Å². The first kappa shape index (κ1) is 11.5. The third kappa shape index (κ3) is 1.88. The molecule has 0 aromatic rings. The van der Waals surface area contributed by atoms with Crippen LogP contribution in [0.3, 0.4) is 0 Å². The molecule has 3 fully saturated rings. The van der Waals surface area contributed by atoms with Crippen LogP contribution >= 0.6 is 0 Å². The fourth-order valence-corrected chi connectivity index (χ4v) is 4.44. The van der Waals surface area contributed by atoms with Gasteiger partial charge in [-0.05, 0) is 43.9 Å². The second-order valence-electron chi connectivity index (χ2n) is 6.38. The SMILES string of the molecule is CC(C1CC2CCC1C2)N1CC(CO)CC1=O. The lowest BCUT2D eigenvalue weighted by Crippen LogP contribution is -2.41. The van der Waals surface area contributed by atoms with Crippen molar-refractivity contribution in [3.63, 3.8) is 0 Å². The van der Waals surface area contributed by atoms with Crippen molar-refractivity contribution >= 4 is 5.91 Å². The molecule has 2 aliphatic carbocycles. The van der Waals surface area contributed by atoms with E-state index in [9.17, 15) is 9.90 Å². The number of carbonyl (C=O) groups is 1. The monoisotopic (exact) mass is 237 g/mol. The van der Waals surface area contributed by atoms with Crippen molar-refractivity contribution in [2.24, 2.45) is 23.7 Å².